The van der Waals surface area contributed by atoms with Crippen LogP contribution in [0.2, 0.25) is 0 Å². The molecule has 2 nitrogen and oxygen atoms in total. The molecule has 2 heteroatoms. The van der Waals surface area contributed by atoms with Gasteiger partial charge < -0.3 is 10.1 Å². The molecule has 0 spiro atoms. The quantitative estimate of drug-likeness (QED) is 0.813. The van der Waals surface area contributed by atoms with Crippen LogP contribution >= 0.6 is 0 Å². The summed E-state index contributed by atoms with van der Waals surface area (Å²) < 4.78 is 5.49. The second kappa shape index (κ2) is 4.55. The maximum absolute atomic E-state index is 5.49. The third kappa shape index (κ3) is 2.39. The largest absolute Gasteiger partial charge is 0.381 e. The summed E-state index contributed by atoms with van der Waals surface area (Å²) in [6.07, 6.45) is 5.57. The van der Waals surface area contributed by atoms with Gasteiger partial charge in [0.2, 0.25) is 0 Å². The van der Waals surface area contributed by atoms with Crippen LogP contribution in [-0.2, 0) is 4.74 Å². The van der Waals surface area contributed by atoms with E-state index in [0.29, 0.717) is 23.0 Å². The lowest BCUT2D eigenvalue weighted by atomic mass is 9.92. The Bertz CT molecular complexity index is 258. The fourth-order valence-electron chi connectivity index (χ4n) is 3.67. The molecule has 2 aliphatic rings. The maximum Gasteiger partial charge on any atom is 0.0586 e. The molecule has 0 aromatic heterocycles. The Morgan fingerprint density at radius 2 is 1.76 bits per heavy atom. The summed E-state index contributed by atoms with van der Waals surface area (Å²) in [7, 11) is 1.85. The molecule has 0 bridgehead atoms. The van der Waals surface area contributed by atoms with Gasteiger partial charge in [-0.25, -0.2) is 0 Å². The molecule has 0 radical (unpaired) electrons. The summed E-state index contributed by atoms with van der Waals surface area (Å²) in [5.41, 5.74) is 1.02. The third-order valence-corrected chi connectivity index (χ3v) is 5.89. The van der Waals surface area contributed by atoms with Crippen LogP contribution in [0.1, 0.15) is 53.4 Å². The maximum atomic E-state index is 5.49. The van der Waals surface area contributed by atoms with Gasteiger partial charge in [-0.1, -0.05) is 27.7 Å². The van der Waals surface area contributed by atoms with Crippen LogP contribution in [0.25, 0.3) is 0 Å². The first-order valence-electron chi connectivity index (χ1n) is 7.15. The van der Waals surface area contributed by atoms with E-state index in [1.54, 1.807) is 0 Å². The van der Waals surface area contributed by atoms with Gasteiger partial charge in [-0.3, -0.25) is 0 Å². The van der Waals surface area contributed by atoms with Crippen molar-refractivity contribution in [3.05, 3.63) is 0 Å². The zero-order valence-corrected chi connectivity index (χ0v) is 12.2. The van der Waals surface area contributed by atoms with Gasteiger partial charge in [-0.2, -0.15) is 0 Å². The molecule has 2 atom stereocenters. The first-order valence-corrected chi connectivity index (χ1v) is 7.15. The van der Waals surface area contributed by atoms with Crippen molar-refractivity contribution in [1.82, 2.24) is 5.32 Å². The van der Waals surface area contributed by atoms with Crippen LogP contribution in [0, 0.1) is 16.7 Å². The molecule has 100 valence electrons. The molecule has 2 fully saturated rings. The van der Waals surface area contributed by atoms with Crippen LogP contribution < -0.4 is 5.32 Å². The molecule has 1 N–H and O–H groups in total. The van der Waals surface area contributed by atoms with Gasteiger partial charge in [0.25, 0.3) is 0 Å². The fraction of sp³-hybridized carbons (Fsp3) is 1.00. The molecule has 0 saturated heterocycles. The van der Waals surface area contributed by atoms with Gasteiger partial charge >= 0.3 is 0 Å². The Kier molecular flexibility index (Phi) is 3.57. The molecular weight excluding hydrogens is 210 g/mol. The van der Waals surface area contributed by atoms with E-state index in [4.69, 9.17) is 4.74 Å². The molecule has 0 aromatic rings. The van der Waals surface area contributed by atoms with E-state index < -0.39 is 0 Å². The number of nitrogens with one attached hydrogen (secondary N) is 1. The predicted molar refractivity (Wildman–Crippen MR) is 72.1 cm³/mol. The van der Waals surface area contributed by atoms with Crippen molar-refractivity contribution >= 4 is 0 Å². The second-order valence-electron chi connectivity index (χ2n) is 7.13. The minimum absolute atomic E-state index is 0.487. The summed E-state index contributed by atoms with van der Waals surface area (Å²) in [5.74, 6) is 0.831. The van der Waals surface area contributed by atoms with E-state index >= 15 is 0 Å². The number of methoxy groups -OCH3 is 1. The summed E-state index contributed by atoms with van der Waals surface area (Å²) in [5, 5.41) is 3.78. The van der Waals surface area contributed by atoms with Crippen molar-refractivity contribution in [2.45, 2.75) is 65.5 Å². The van der Waals surface area contributed by atoms with Gasteiger partial charge in [-0.05, 0) is 49.0 Å². The predicted octanol–water partition coefficient (Wildman–Crippen LogP) is 3.22. The summed E-state index contributed by atoms with van der Waals surface area (Å²) in [6.45, 7) is 10.8. The summed E-state index contributed by atoms with van der Waals surface area (Å²) in [6, 6.07) is 0.681. The number of rotatable bonds is 4. The summed E-state index contributed by atoms with van der Waals surface area (Å²) >= 11 is 0. The average molecular weight is 239 g/mol. The van der Waals surface area contributed by atoms with Gasteiger partial charge in [-0.15, -0.1) is 0 Å². The van der Waals surface area contributed by atoms with E-state index in [2.05, 4.69) is 33.0 Å². The minimum atomic E-state index is 0.487. The molecule has 2 rings (SSSR count). The van der Waals surface area contributed by atoms with Gasteiger partial charge in [0.1, 0.15) is 0 Å². The van der Waals surface area contributed by atoms with Crippen LogP contribution in [0.5, 0.6) is 0 Å². The van der Waals surface area contributed by atoms with Crippen LogP contribution in [0.15, 0.2) is 0 Å². The highest BCUT2D eigenvalue weighted by Gasteiger charge is 2.63. The van der Waals surface area contributed by atoms with Crippen LogP contribution in [0.4, 0.5) is 0 Å². The molecule has 0 amide bonds. The SMILES string of the molecule is COC1CCCC(NCC2C(C)(C)C2(C)C)C1. The Morgan fingerprint density at radius 1 is 1.12 bits per heavy atom. The average Bonchev–Trinajstić information content (AvgIpc) is 2.67. The lowest BCUT2D eigenvalue weighted by molar-refractivity contribution is 0.0585. The second-order valence-corrected chi connectivity index (χ2v) is 7.13. The number of hydrogen-bond donors (Lipinski definition) is 1. The summed E-state index contributed by atoms with van der Waals surface area (Å²) in [4.78, 5) is 0. The monoisotopic (exact) mass is 239 g/mol. The molecule has 17 heavy (non-hydrogen) atoms. The van der Waals surface area contributed by atoms with Crippen molar-refractivity contribution in [2.75, 3.05) is 13.7 Å². The molecule has 0 heterocycles. The highest BCUT2D eigenvalue weighted by molar-refractivity contribution is 5.13. The smallest absolute Gasteiger partial charge is 0.0586 e. The first kappa shape index (κ1) is 13.4. The normalized spacial score (nSPS) is 35.8. The minimum Gasteiger partial charge on any atom is -0.381 e. The molecule has 0 aromatic carbocycles. The van der Waals surface area contributed by atoms with Crippen molar-refractivity contribution in [1.29, 1.82) is 0 Å². The molecule has 2 unspecified atom stereocenters. The van der Waals surface area contributed by atoms with Crippen molar-refractivity contribution in [3.8, 4) is 0 Å². The topological polar surface area (TPSA) is 21.3 Å². The van der Waals surface area contributed by atoms with Crippen LogP contribution in [-0.4, -0.2) is 25.8 Å². The Morgan fingerprint density at radius 3 is 2.29 bits per heavy atom. The van der Waals surface area contributed by atoms with E-state index in [0.717, 1.165) is 5.92 Å². The molecule has 2 aliphatic carbocycles. The van der Waals surface area contributed by atoms with Crippen molar-refractivity contribution in [3.63, 3.8) is 0 Å². The van der Waals surface area contributed by atoms with E-state index in [1.807, 2.05) is 7.11 Å². The molecular formula is C15H29NO. The van der Waals surface area contributed by atoms with Gasteiger partial charge in [0.15, 0.2) is 0 Å². The zero-order valence-electron chi connectivity index (χ0n) is 12.2. The Balaban J connectivity index is 1.76. The number of ether oxygens (including phenoxy) is 1. The van der Waals surface area contributed by atoms with E-state index in [-0.39, 0.29) is 0 Å². The van der Waals surface area contributed by atoms with Gasteiger partial charge in [0.05, 0.1) is 6.10 Å². The van der Waals surface area contributed by atoms with E-state index in [9.17, 15) is 0 Å². The highest BCUT2D eigenvalue weighted by Crippen LogP contribution is 2.67. The lowest BCUT2D eigenvalue weighted by Crippen LogP contribution is -2.38. The standard InChI is InChI=1S/C15H29NO/c1-14(2)13(15(14,3)4)10-16-11-7-6-8-12(9-11)17-5/h11-13,16H,6-10H2,1-5H3. The molecule has 0 aliphatic heterocycles. The zero-order chi connectivity index (χ0) is 12.7. The number of hydrogen-bond acceptors (Lipinski definition) is 2. The lowest BCUT2D eigenvalue weighted by Gasteiger charge is -2.29. The van der Waals surface area contributed by atoms with Crippen molar-refractivity contribution < 1.29 is 4.74 Å². The van der Waals surface area contributed by atoms with Crippen molar-refractivity contribution in [2.24, 2.45) is 16.7 Å². The fourth-order valence-corrected chi connectivity index (χ4v) is 3.67. The third-order valence-electron chi connectivity index (χ3n) is 5.89. The van der Waals surface area contributed by atoms with Crippen LogP contribution in [0.3, 0.4) is 0 Å². The first-order chi connectivity index (χ1) is 7.89. The Hall–Kier alpha value is -0.0800. The highest BCUT2D eigenvalue weighted by atomic mass is 16.5. The van der Waals surface area contributed by atoms with E-state index in [1.165, 1.54) is 32.2 Å². The van der Waals surface area contributed by atoms with Gasteiger partial charge in [0, 0.05) is 13.2 Å². The Labute approximate surface area is 107 Å². The molecule has 2 saturated carbocycles.